The van der Waals surface area contributed by atoms with E-state index in [2.05, 4.69) is 11.1 Å². The maximum atomic E-state index is 13.0. The van der Waals surface area contributed by atoms with Crippen LogP contribution in [0.15, 0.2) is 47.8 Å². The van der Waals surface area contributed by atoms with Gasteiger partial charge in [0.15, 0.2) is 0 Å². The van der Waals surface area contributed by atoms with E-state index in [1.165, 1.54) is 24.3 Å². The number of hydrogen-bond acceptors (Lipinski definition) is 3. The van der Waals surface area contributed by atoms with Crippen molar-refractivity contribution in [1.82, 2.24) is 4.98 Å². The number of rotatable bonds is 2. The monoisotopic (exact) mass is 338 g/mol. The lowest BCUT2D eigenvalue weighted by Crippen LogP contribution is -2.28. The van der Waals surface area contributed by atoms with Gasteiger partial charge >= 0.3 is 0 Å². The van der Waals surface area contributed by atoms with Gasteiger partial charge in [0.2, 0.25) is 0 Å². The minimum absolute atomic E-state index is 0.0917. The van der Waals surface area contributed by atoms with Gasteiger partial charge in [0, 0.05) is 28.7 Å². The van der Waals surface area contributed by atoms with Crippen LogP contribution in [0.1, 0.15) is 20.9 Å². The Morgan fingerprint density at radius 3 is 2.71 bits per heavy atom. The van der Waals surface area contributed by atoms with Crippen molar-refractivity contribution in [2.45, 2.75) is 13.3 Å². The molecule has 2 aromatic carbocycles. The van der Waals surface area contributed by atoms with E-state index < -0.39 is 0 Å². The number of hydrogen-bond donors (Lipinski definition) is 0. The second kappa shape index (κ2) is 5.83. The molecule has 24 heavy (non-hydrogen) atoms. The van der Waals surface area contributed by atoms with E-state index in [9.17, 15) is 9.18 Å². The Kier molecular flexibility index (Phi) is 3.65. The van der Waals surface area contributed by atoms with Crippen molar-refractivity contribution in [2.24, 2.45) is 0 Å². The Bertz CT molecular complexity index is 917. The van der Waals surface area contributed by atoms with Gasteiger partial charge in [0.05, 0.1) is 10.7 Å². The third-order valence-electron chi connectivity index (χ3n) is 4.23. The van der Waals surface area contributed by atoms with Gasteiger partial charge in [-0.2, -0.15) is 0 Å². The van der Waals surface area contributed by atoms with Crippen molar-refractivity contribution >= 4 is 22.9 Å². The standard InChI is InChI=1S/C19H15FN2OS/c1-12-21-17(11-24-12)14-4-7-18-15(10-14)8-9-22(18)19(23)13-2-5-16(20)6-3-13/h2-7,10-11H,8-9H2,1H3. The Morgan fingerprint density at radius 1 is 1.21 bits per heavy atom. The van der Waals surface area contributed by atoms with Crippen molar-refractivity contribution in [3.8, 4) is 11.3 Å². The van der Waals surface area contributed by atoms with Crippen LogP contribution in [0.3, 0.4) is 0 Å². The third-order valence-corrected chi connectivity index (χ3v) is 5.00. The van der Waals surface area contributed by atoms with Crippen LogP contribution < -0.4 is 4.90 Å². The third kappa shape index (κ3) is 2.61. The lowest BCUT2D eigenvalue weighted by molar-refractivity contribution is 0.0989. The Hall–Kier alpha value is -2.53. The molecule has 0 saturated carbocycles. The first-order valence-corrected chi connectivity index (χ1v) is 8.62. The number of fused-ring (bicyclic) bond motifs is 1. The van der Waals surface area contributed by atoms with Crippen LogP contribution in [0.5, 0.6) is 0 Å². The maximum Gasteiger partial charge on any atom is 0.258 e. The highest BCUT2D eigenvalue weighted by Crippen LogP contribution is 2.33. The first-order valence-electron chi connectivity index (χ1n) is 7.75. The molecule has 0 fully saturated rings. The number of anilines is 1. The molecule has 1 amide bonds. The van der Waals surface area contributed by atoms with Gasteiger partial charge in [-0.15, -0.1) is 11.3 Å². The van der Waals surface area contributed by atoms with Crippen molar-refractivity contribution in [3.63, 3.8) is 0 Å². The quantitative estimate of drug-likeness (QED) is 0.691. The zero-order valence-electron chi connectivity index (χ0n) is 13.1. The topological polar surface area (TPSA) is 33.2 Å². The van der Waals surface area contributed by atoms with Crippen molar-refractivity contribution in [2.75, 3.05) is 11.4 Å². The van der Waals surface area contributed by atoms with Crippen molar-refractivity contribution in [1.29, 1.82) is 0 Å². The van der Waals surface area contributed by atoms with Gasteiger partial charge in [0.1, 0.15) is 5.82 Å². The maximum absolute atomic E-state index is 13.0. The average Bonchev–Trinajstić information content (AvgIpc) is 3.20. The molecule has 0 spiro atoms. The predicted molar refractivity (Wildman–Crippen MR) is 94.1 cm³/mol. The molecule has 1 aliphatic rings. The molecule has 5 heteroatoms. The fourth-order valence-electron chi connectivity index (χ4n) is 3.02. The molecule has 0 saturated heterocycles. The van der Waals surface area contributed by atoms with Crippen LogP contribution in [0, 0.1) is 12.7 Å². The smallest absolute Gasteiger partial charge is 0.258 e. The Balaban J connectivity index is 1.64. The van der Waals surface area contributed by atoms with E-state index in [-0.39, 0.29) is 11.7 Å². The summed E-state index contributed by atoms with van der Waals surface area (Å²) in [6, 6.07) is 11.8. The Morgan fingerprint density at radius 2 is 2.00 bits per heavy atom. The van der Waals surface area contributed by atoms with E-state index in [4.69, 9.17) is 0 Å². The molecule has 0 N–H and O–H groups in total. The van der Waals surface area contributed by atoms with E-state index in [1.807, 2.05) is 24.4 Å². The minimum Gasteiger partial charge on any atom is -0.308 e. The van der Waals surface area contributed by atoms with Gasteiger partial charge in [-0.3, -0.25) is 4.79 Å². The summed E-state index contributed by atoms with van der Waals surface area (Å²) in [5.74, 6) is -0.428. The summed E-state index contributed by atoms with van der Waals surface area (Å²) >= 11 is 1.63. The van der Waals surface area contributed by atoms with Crippen LogP contribution in [0.2, 0.25) is 0 Å². The second-order valence-corrected chi connectivity index (χ2v) is 6.87. The SMILES string of the molecule is Cc1nc(-c2ccc3c(c2)CCN3C(=O)c2ccc(F)cc2)cs1. The molecule has 3 nitrogen and oxygen atoms in total. The molecule has 1 aliphatic heterocycles. The summed E-state index contributed by atoms with van der Waals surface area (Å²) in [6.07, 6.45) is 0.819. The predicted octanol–water partition coefficient (Wildman–Crippen LogP) is 4.46. The summed E-state index contributed by atoms with van der Waals surface area (Å²) in [7, 11) is 0. The summed E-state index contributed by atoms with van der Waals surface area (Å²) in [4.78, 5) is 19.0. The summed E-state index contributed by atoms with van der Waals surface area (Å²) < 4.78 is 13.0. The van der Waals surface area contributed by atoms with Crippen LogP contribution in [0.4, 0.5) is 10.1 Å². The molecule has 1 aromatic heterocycles. The zero-order valence-corrected chi connectivity index (χ0v) is 13.9. The fraction of sp³-hybridized carbons (Fsp3) is 0.158. The molecule has 0 aliphatic carbocycles. The number of benzene rings is 2. The van der Waals surface area contributed by atoms with Crippen LogP contribution in [-0.2, 0) is 6.42 Å². The van der Waals surface area contributed by atoms with Gasteiger partial charge in [-0.1, -0.05) is 6.07 Å². The summed E-state index contributed by atoms with van der Waals surface area (Å²) in [5, 5.41) is 3.09. The van der Waals surface area contributed by atoms with Gasteiger partial charge in [0.25, 0.3) is 5.91 Å². The van der Waals surface area contributed by atoms with Gasteiger partial charge in [-0.25, -0.2) is 9.37 Å². The number of thiazole rings is 1. The molecule has 0 unspecified atom stereocenters. The summed E-state index contributed by atoms with van der Waals surface area (Å²) in [5.41, 5.74) is 4.63. The highest BCUT2D eigenvalue weighted by molar-refractivity contribution is 7.09. The molecule has 2 heterocycles. The number of aryl methyl sites for hydroxylation is 1. The molecule has 0 atom stereocenters. The van der Waals surface area contributed by atoms with E-state index in [0.717, 1.165) is 33.9 Å². The highest BCUT2D eigenvalue weighted by Gasteiger charge is 2.26. The van der Waals surface area contributed by atoms with E-state index >= 15 is 0 Å². The summed E-state index contributed by atoms with van der Waals surface area (Å²) in [6.45, 7) is 2.63. The van der Waals surface area contributed by atoms with Crippen LogP contribution in [0.25, 0.3) is 11.3 Å². The molecule has 0 bridgehead atoms. The van der Waals surface area contributed by atoms with Crippen LogP contribution in [-0.4, -0.2) is 17.4 Å². The molecule has 4 rings (SSSR count). The molecular formula is C19H15FN2OS. The van der Waals surface area contributed by atoms with Crippen molar-refractivity contribution < 1.29 is 9.18 Å². The van der Waals surface area contributed by atoms with Crippen LogP contribution >= 0.6 is 11.3 Å². The van der Waals surface area contributed by atoms with E-state index in [0.29, 0.717) is 12.1 Å². The second-order valence-electron chi connectivity index (χ2n) is 5.81. The lowest BCUT2D eigenvalue weighted by atomic mass is 10.1. The lowest BCUT2D eigenvalue weighted by Gasteiger charge is -2.17. The molecular weight excluding hydrogens is 323 g/mol. The first kappa shape index (κ1) is 15.0. The van der Waals surface area contributed by atoms with Gasteiger partial charge in [-0.05, 0) is 55.3 Å². The fourth-order valence-corrected chi connectivity index (χ4v) is 3.64. The molecule has 120 valence electrons. The normalized spacial score (nSPS) is 13.2. The number of carbonyl (C=O) groups excluding carboxylic acids is 1. The van der Waals surface area contributed by atoms with Crippen molar-refractivity contribution in [3.05, 3.63) is 69.8 Å². The Labute approximate surface area is 143 Å². The zero-order chi connectivity index (χ0) is 16.7. The molecule has 3 aromatic rings. The number of nitrogens with zero attached hydrogens (tertiary/aromatic N) is 2. The number of carbonyl (C=O) groups is 1. The number of aromatic nitrogens is 1. The number of amides is 1. The highest BCUT2D eigenvalue weighted by atomic mass is 32.1. The minimum atomic E-state index is -0.337. The average molecular weight is 338 g/mol. The largest absolute Gasteiger partial charge is 0.308 e. The number of halogens is 1. The first-order chi connectivity index (χ1) is 11.6. The molecule has 0 radical (unpaired) electrons. The van der Waals surface area contributed by atoms with Gasteiger partial charge < -0.3 is 4.90 Å². The van der Waals surface area contributed by atoms with E-state index in [1.54, 1.807) is 16.2 Å².